The topological polar surface area (TPSA) is 29.5 Å². The van der Waals surface area contributed by atoms with Gasteiger partial charge in [-0.15, -0.1) is 0 Å². The van der Waals surface area contributed by atoms with E-state index in [1.165, 1.54) is 0 Å². The van der Waals surface area contributed by atoms with Crippen molar-refractivity contribution in [2.75, 3.05) is 6.61 Å². The second-order valence-corrected chi connectivity index (χ2v) is 6.45. The average molecular weight is 417 g/mol. The van der Waals surface area contributed by atoms with Crippen LogP contribution < -0.4 is 4.74 Å². The number of hydrogen-bond donors (Lipinski definition) is 1. The number of aliphatic hydroxyl groups excluding tert-OH is 1. The summed E-state index contributed by atoms with van der Waals surface area (Å²) < 4.78 is 8.25. The fourth-order valence-electron chi connectivity index (χ4n) is 1.03. The van der Waals surface area contributed by atoms with Gasteiger partial charge >= 0.3 is 0 Å². The Morgan fingerprint density at radius 1 is 1.19 bits per heavy atom. The monoisotopic (exact) mass is 414 g/mol. The van der Waals surface area contributed by atoms with Gasteiger partial charge in [0.2, 0.25) is 0 Å². The number of hydrogen-bond acceptors (Lipinski definition) is 2. The molecule has 90 valence electrons. The zero-order valence-corrected chi connectivity index (χ0v) is 13.8. The Kier molecular flexibility index (Phi) is 5.77. The highest BCUT2D eigenvalue weighted by atomic mass is 79.9. The minimum Gasteiger partial charge on any atom is -0.489 e. The molecule has 1 aromatic rings. The van der Waals surface area contributed by atoms with E-state index in [9.17, 15) is 5.11 Å². The van der Waals surface area contributed by atoms with E-state index in [2.05, 4.69) is 47.8 Å². The standard InChI is InChI=1S/C11H13Br3O2/c1-6(2)10(15)5-16-11-8(13)3-7(12)4-9(11)14/h3-4,6,10,15H,5H2,1-2H3. The van der Waals surface area contributed by atoms with E-state index in [1.807, 2.05) is 26.0 Å². The third-order valence-electron chi connectivity index (χ3n) is 2.13. The summed E-state index contributed by atoms with van der Waals surface area (Å²) in [6, 6.07) is 3.81. The van der Waals surface area contributed by atoms with Crippen molar-refractivity contribution in [2.45, 2.75) is 20.0 Å². The molecule has 0 bridgehead atoms. The van der Waals surface area contributed by atoms with Crippen molar-refractivity contribution in [3.63, 3.8) is 0 Å². The Morgan fingerprint density at radius 3 is 2.12 bits per heavy atom. The van der Waals surface area contributed by atoms with Gasteiger partial charge in [-0.25, -0.2) is 0 Å². The molecule has 1 atom stereocenters. The summed E-state index contributed by atoms with van der Waals surface area (Å²) in [6.45, 7) is 4.20. The quantitative estimate of drug-likeness (QED) is 0.789. The second-order valence-electron chi connectivity index (χ2n) is 3.82. The molecule has 1 rings (SSSR count). The number of ether oxygens (including phenoxy) is 1. The highest BCUT2D eigenvalue weighted by molar-refractivity contribution is 9.11. The molecule has 0 fully saturated rings. The van der Waals surface area contributed by atoms with Crippen LogP contribution in [0.15, 0.2) is 25.6 Å². The molecule has 0 saturated carbocycles. The second kappa shape index (κ2) is 6.38. The molecule has 1 aromatic carbocycles. The van der Waals surface area contributed by atoms with Crippen molar-refractivity contribution in [1.29, 1.82) is 0 Å². The van der Waals surface area contributed by atoms with Gasteiger partial charge in [-0.1, -0.05) is 29.8 Å². The van der Waals surface area contributed by atoms with Gasteiger partial charge in [-0.05, 0) is 49.9 Å². The first kappa shape index (κ1) is 14.5. The van der Waals surface area contributed by atoms with Crippen LogP contribution in [0.4, 0.5) is 0 Å². The van der Waals surface area contributed by atoms with Crippen LogP contribution in [0.25, 0.3) is 0 Å². The van der Waals surface area contributed by atoms with Gasteiger partial charge in [-0.3, -0.25) is 0 Å². The van der Waals surface area contributed by atoms with Gasteiger partial charge < -0.3 is 9.84 Å². The van der Waals surface area contributed by atoms with Crippen LogP contribution in [0.1, 0.15) is 13.8 Å². The zero-order chi connectivity index (χ0) is 12.3. The molecule has 0 amide bonds. The van der Waals surface area contributed by atoms with Gasteiger partial charge in [0.1, 0.15) is 12.4 Å². The summed E-state index contributed by atoms with van der Waals surface area (Å²) in [6.07, 6.45) is -0.456. The largest absolute Gasteiger partial charge is 0.489 e. The first-order chi connectivity index (χ1) is 7.41. The molecule has 0 aliphatic carbocycles. The van der Waals surface area contributed by atoms with Crippen molar-refractivity contribution >= 4 is 47.8 Å². The van der Waals surface area contributed by atoms with E-state index in [4.69, 9.17) is 4.74 Å². The van der Waals surface area contributed by atoms with Gasteiger partial charge in [0.25, 0.3) is 0 Å². The van der Waals surface area contributed by atoms with Gasteiger partial charge in [0, 0.05) is 4.47 Å². The van der Waals surface area contributed by atoms with Crippen LogP contribution in [-0.4, -0.2) is 17.8 Å². The predicted molar refractivity (Wildman–Crippen MR) is 75.9 cm³/mol. The Bertz CT molecular complexity index is 343. The van der Waals surface area contributed by atoms with Crippen LogP contribution in [-0.2, 0) is 0 Å². The lowest BCUT2D eigenvalue weighted by Crippen LogP contribution is -2.23. The van der Waals surface area contributed by atoms with Crippen molar-refractivity contribution in [2.24, 2.45) is 5.92 Å². The van der Waals surface area contributed by atoms with E-state index in [0.29, 0.717) is 5.75 Å². The lowest BCUT2D eigenvalue weighted by atomic mass is 10.1. The maximum atomic E-state index is 9.66. The molecule has 0 aromatic heterocycles. The Morgan fingerprint density at radius 2 is 1.69 bits per heavy atom. The smallest absolute Gasteiger partial charge is 0.147 e. The van der Waals surface area contributed by atoms with Crippen molar-refractivity contribution in [1.82, 2.24) is 0 Å². The van der Waals surface area contributed by atoms with E-state index >= 15 is 0 Å². The van der Waals surface area contributed by atoms with Crippen molar-refractivity contribution in [3.05, 3.63) is 25.6 Å². The summed E-state index contributed by atoms with van der Waals surface area (Å²) in [5.41, 5.74) is 0. The molecule has 0 aliphatic rings. The maximum absolute atomic E-state index is 9.66. The van der Waals surface area contributed by atoms with Gasteiger partial charge in [-0.2, -0.15) is 0 Å². The highest BCUT2D eigenvalue weighted by Gasteiger charge is 2.13. The van der Waals surface area contributed by atoms with Crippen LogP contribution in [0.2, 0.25) is 0 Å². The van der Waals surface area contributed by atoms with Gasteiger partial charge in [0.15, 0.2) is 0 Å². The summed E-state index contributed by atoms with van der Waals surface area (Å²) >= 11 is 10.2. The predicted octanol–water partition coefficient (Wildman–Crippen LogP) is 4.37. The third-order valence-corrected chi connectivity index (χ3v) is 3.77. The molecule has 5 heteroatoms. The van der Waals surface area contributed by atoms with E-state index < -0.39 is 6.10 Å². The molecule has 1 N–H and O–H groups in total. The Balaban J connectivity index is 2.74. The SMILES string of the molecule is CC(C)C(O)COc1c(Br)cc(Br)cc1Br. The normalized spacial score (nSPS) is 12.9. The van der Waals surface area contributed by atoms with Crippen LogP contribution in [0.5, 0.6) is 5.75 Å². The van der Waals surface area contributed by atoms with E-state index in [-0.39, 0.29) is 12.5 Å². The van der Waals surface area contributed by atoms with Crippen molar-refractivity contribution in [3.8, 4) is 5.75 Å². The fraction of sp³-hybridized carbons (Fsp3) is 0.455. The first-order valence-corrected chi connectivity index (χ1v) is 7.25. The third kappa shape index (κ3) is 4.02. The molecule has 16 heavy (non-hydrogen) atoms. The Labute approximate surface area is 121 Å². The Hall–Kier alpha value is 0.420. The summed E-state index contributed by atoms with van der Waals surface area (Å²) in [7, 11) is 0. The van der Waals surface area contributed by atoms with E-state index in [1.54, 1.807) is 0 Å². The maximum Gasteiger partial charge on any atom is 0.147 e. The van der Waals surface area contributed by atoms with Crippen molar-refractivity contribution < 1.29 is 9.84 Å². The first-order valence-electron chi connectivity index (χ1n) is 4.87. The fourth-order valence-corrected chi connectivity index (χ4v) is 3.52. The molecule has 0 radical (unpaired) electrons. The molecule has 0 spiro atoms. The minimum absolute atomic E-state index is 0.188. The summed E-state index contributed by atoms with van der Waals surface area (Å²) in [4.78, 5) is 0. The minimum atomic E-state index is -0.456. The highest BCUT2D eigenvalue weighted by Crippen LogP contribution is 2.36. The summed E-state index contributed by atoms with van der Waals surface area (Å²) in [5.74, 6) is 0.899. The summed E-state index contributed by atoms with van der Waals surface area (Å²) in [5, 5.41) is 9.66. The molecule has 0 saturated heterocycles. The number of halogens is 3. The number of rotatable bonds is 4. The lowest BCUT2D eigenvalue weighted by molar-refractivity contribution is 0.0695. The van der Waals surface area contributed by atoms with Crippen LogP contribution in [0, 0.1) is 5.92 Å². The molecule has 2 nitrogen and oxygen atoms in total. The number of aliphatic hydroxyl groups is 1. The molecular weight excluding hydrogens is 404 g/mol. The molecule has 1 unspecified atom stereocenters. The molecule has 0 heterocycles. The van der Waals surface area contributed by atoms with Crippen LogP contribution in [0.3, 0.4) is 0 Å². The van der Waals surface area contributed by atoms with Crippen LogP contribution >= 0.6 is 47.8 Å². The van der Waals surface area contributed by atoms with Gasteiger partial charge in [0.05, 0.1) is 15.0 Å². The lowest BCUT2D eigenvalue weighted by Gasteiger charge is -2.17. The molecule has 0 aliphatic heterocycles. The number of benzene rings is 1. The van der Waals surface area contributed by atoms with E-state index in [0.717, 1.165) is 13.4 Å². The molecular formula is C11H13Br3O2. The zero-order valence-electron chi connectivity index (χ0n) is 9.01. The average Bonchev–Trinajstić information content (AvgIpc) is 2.15.